The summed E-state index contributed by atoms with van der Waals surface area (Å²) in [5.74, 6) is 0.614. The van der Waals surface area contributed by atoms with Crippen molar-refractivity contribution in [2.75, 3.05) is 5.73 Å². The van der Waals surface area contributed by atoms with E-state index < -0.39 is 0 Å². The highest BCUT2D eigenvalue weighted by molar-refractivity contribution is 5.78. The van der Waals surface area contributed by atoms with Crippen LogP contribution < -0.4 is 5.73 Å². The highest BCUT2D eigenvalue weighted by Gasteiger charge is 2.02. The van der Waals surface area contributed by atoms with Crippen LogP contribution >= 0.6 is 0 Å². The molecular weight excluding hydrogens is 234 g/mol. The Morgan fingerprint density at radius 2 is 1.79 bits per heavy atom. The number of benzene rings is 1. The van der Waals surface area contributed by atoms with Crippen LogP contribution in [0.2, 0.25) is 0 Å². The molecule has 0 saturated heterocycles. The molecule has 0 spiro atoms. The van der Waals surface area contributed by atoms with E-state index in [1.807, 2.05) is 30.3 Å². The number of nitrogens with zero attached hydrogens (tertiary/aromatic N) is 2. The van der Waals surface area contributed by atoms with E-state index in [-0.39, 0.29) is 0 Å². The van der Waals surface area contributed by atoms with Crippen molar-refractivity contribution in [1.29, 1.82) is 0 Å². The van der Waals surface area contributed by atoms with Crippen LogP contribution in [-0.4, -0.2) is 9.97 Å². The average Bonchev–Trinajstić information content (AvgIpc) is 2.46. The van der Waals surface area contributed by atoms with Crippen LogP contribution in [0.5, 0.6) is 0 Å². The van der Waals surface area contributed by atoms with Crippen molar-refractivity contribution >= 4 is 16.7 Å². The Balaban J connectivity index is 1.80. The topological polar surface area (TPSA) is 51.8 Å². The molecule has 94 valence electrons. The summed E-state index contributed by atoms with van der Waals surface area (Å²) in [5.41, 5.74) is 9.05. The number of pyridine rings is 2. The first-order valence-corrected chi connectivity index (χ1v) is 6.37. The van der Waals surface area contributed by atoms with E-state index in [4.69, 9.17) is 5.73 Å². The van der Waals surface area contributed by atoms with Gasteiger partial charge < -0.3 is 5.73 Å². The lowest BCUT2D eigenvalue weighted by atomic mass is 10.1. The first kappa shape index (κ1) is 11.7. The van der Waals surface area contributed by atoms with E-state index in [9.17, 15) is 0 Å². The summed E-state index contributed by atoms with van der Waals surface area (Å²) in [6.07, 6.45) is 3.46. The van der Waals surface area contributed by atoms with E-state index in [0.717, 1.165) is 29.6 Å². The fourth-order valence-electron chi connectivity index (χ4n) is 2.17. The van der Waals surface area contributed by atoms with Gasteiger partial charge in [0, 0.05) is 17.3 Å². The SMILES string of the molecule is Nc1ncccc1CCc1ccc2ccccc2n1. The van der Waals surface area contributed by atoms with E-state index >= 15 is 0 Å². The third kappa shape index (κ3) is 2.55. The fraction of sp³-hybridized carbons (Fsp3) is 0.125. The molecule has 0 fully saturated rings. The molecular formula is C16H15N3. The molecule has 0 aliphatic heterocycles. The standard InChI is InChI=1S/C16H15N3/c17-16-13(5-3-11-18-16)8-10-14-9-7-12-4-1-2-6-15(12)19-14/h1-7,9,11H,8,10H2,(H2,17,18). The molecule has 3 rings (SSSR count). The van der Waals surface area contributed by atoms with Gasteiger partial charge in [-0.2, -0.15) is 0 Å². The van der Waals surface area contributed by atoms with Crippen LogP contribution in [-0.2, 0) is 12.8 Å². The molecule has 0 amide bonds. The predicted molar refractivity (Wildman–Crippen MR) is 77.8 cm³/mol. The normalized spacial score (nSPS) is 10.7. The number of anilines is 1. The van der Waals surface area contributed by atoms with Crippen LogP contribution in [0.15, 0.2) is 54.7 Å². The van der Waals surface area contributed by atoms with Crippen molar-refractivity contribution in [3.05, 3.63) is 66.0 Å². The quantitative estimate of drug-likeness (QED) is 0.776. The molecule has 2 N–H and O–H groups in total. The molecule has 0 unspecified atom stereocenters. The van der Waals surface area contributed by atoms with E-state index in [1.165, 1.54) is 5.39 Å². The third-order valence-corrected chi connectivity index (χ3v) is 3.23. The smallest absolute Gasteiger partial charge is 0.126 e. The van der Waals surface area contributed by atoms with Gasteiger partial charge in [-0.1, -0.05) is 30.3 Å². The lowest BCUT2D eigenvalue weighted by molar-refractivity contribution is 0.919. The van der Waals surface area contributed by atoms with Gasteiger partial charge in [0.25, 0.3) is 0 Å². The molecule has 3 heteroatoms. The first-order chi connectivity index (χ1) is 9.33. The zero-order chi connectivity index (χ0) is 13.1. The highest BCUT2D eigenvalue weighted by atomic mass is 14.8. The lowest BCUT2D eigenvalue weighted by Gasteiger charge is -2.05. The Labute approximate surface area is 112 Å². The minimum atomic E-state index is 0.614. The van der Waals surface area contributed by atoms with E-state index in [1.54, 1.807) is 6.20 Å². The maximum Gasteiger partial charge on any atom is 0.126 e. The lowest BCUT2D eigenvalue weighted by Crippen LogP contribution is -2.00. The van der Waals surface area contributed by atoms with Crippen LogP contribution in [0.3, 0.4) is 0 Å². The second-order valence-corrected chi connectivity index (χ2v) is 4.54. The summed E-state index contributed by atoms with van der Waals surface area (Å²) < 4.78 is 0. The molecule has 0 aliphatic carbocycles. The molecule has 2 heterocycles. The number of para-hydroxylation sites is 1. The highest BCUT2D eigenvalue weighted by Crippen LogP contribution is 2.14. The Morgan fingerprint density at radius 1 is 0.895 bits per heavy atom. The summed E-state index contributed by atoms with van der Waals surface area (Å²) in [5, 5.41) is 1.17. The molecule has 0 radical (unpaired) electrons. The summed E-state index contributed by atoms with van der Waals surface area (Å²) in [7, 11) is 0. The van der Waals surface area contributed by atoms with Gasteiger partial charge in [-0.3, -0.25) is 4.98 Å². The monoisotopic (exact) mass is 249 g/mol. The minimum absolute atomic E-state index is 0.614. The number of nitrogen functional groups attached to an aromatic ring is 1. The van der Waals surface area contributed by atoms with Gasteiger partial charge in [-0.25, -0.2) is 4.98 Å². The van der Waals surface area contributed by atoms with Gasteiger partial charge in [-0.15, -0.1) is 0 Å². The number of hydrogen-bond donors (Lipinski definition) is 1. The van der Waals surface area contributed by atoms with Crippen molar-refractivity contribution in [2.24, 2.45) is 0 Å². The number of fused-ring (bicyclic) bond motifs is 1. The van der Waals surface area contributed by atoms with Crippen molar-refractivity contribution in [3.8, 4) is 0 Å². The van der Waals surface area contributed by atoms with E-state index in [2.05, 4.69) is 28.2 Å². The van der Waals surface area contributed by atoms with Gasteiger partial charge >= 0.3 is 0 Å². The summed E-state index contributed by atoms with van der Waals surface area (Å²) in [6, 6.07) is 16.3. The average molecular weight is 249 g/mol. The van der Waals surface area contributed by atoms with Gasteiger partial charge in [0.2, 0.25) is 0 Å². The zero-order valence-electron chi connectivity index (χ0n) is 10.6. The Kier molecular flexibility index (Phi) is 3.11. The fourth-order valence-corrected chi connectivity index (χ4v) is 2.17. The maximum absolute atomic E-state index is 5.84. The summed E-state index contributed by atoms with van der Waals surface area (Å²) >= 11 is 0. The second-order valence-electron chi connectivity index (χ2n) is 4.54. The molecule has 1 aromatic carbocycles. The summed E-state index contributed by atoms with van der Waals surface area (Å²) in [6.45, 7) is 0. The third-order valence-electron chi connectivity index (χ3n) is 3.23. The van der Waals surface area contributed by atoms with Crippen molar-refractivity contribution in [1.82, 2.24) is 9.97 Å². The van der Waals surface area contributed by atoms with Gasteiger partial charge in [-0.05, 0) is 36.6 Å². The van der Waals surface area contributed by atoms with Crippen LogP contribution in [0.1, 0.15) is 11.3 Å². The van der Waals surface area contributed by atoms with Crippen molar-refractivity contribution < 1.29 is 0 Å². The number of nitrogens with two attached hydrogens (primary N) is 1. The molecule has 0 atom stereocenters. The van der Waals surface area contributed by atoms with Gasteiger partial charge in [0.15, 0.2) is 0 Å². The molecule has 0 aliphatic rings. The molecule has 2 aromatic heterocycles. The zero-order valence-corrected chi connectivity index (χ0v) is 10.6. The predicted octanol–water partition coefficient (Wildman–Crippen LogP) is 3.00. The Bertz CT molecular complexity index is 707. The summed E-state index contributed by atoms with van der Waals surface area (Å²) in [4.78, 5) is 8.76. The number of rotatable bonds is 3. The second kappa shape index (κ2) is 5.06. The van der Waals surface area contributed by atoms with Crippen molar-refractivity contribution in [3.63, 3.8) is 0 Å². The first-order valence-electron chi connectivity index (χ1n) is 6.37. The van der Waals surface area contributed by atoms with Crippen molar-refractivity contribution in [2.45, 2.75) is 12.8 Å². The van der Waals surface area contributed by atoms with Crippen LogP contribution in [0, 0.1) is 0 Å². The Morgan fingerprint density at radius 3 is 2.68 bits per heavy atom. The molecule has 3 nitrogen and oxygen atoms in total. The Hall–Kier alpha value is -2.42. The number of hydrogen-bond acceptors (Lipinski definition) is 3. The minimum Gasteiger partial charge on any atom is -0.383 e. The number of aryl methyl sites for hydroxylation is 2. The largest absolute Gasteiger partial charge is 0.383 e. The maximum atomic E-state index is 5.84. The van der Waals surface area contributed by atoms with Crippen LogP contribution in [0.25, 0.3) is 10.9 Å². The van der Waals surface area contributed by atoms with Gasteiger partial charge in [0.1, 0.15) is 5.82 Å². The number of aromatic nitrogens is 2. The molecule has 0 saturated carbocycles. The van der Waals surface area contributed by atoms with E-state index in [0.29, 0.717) is 5.82 Å². The molecule has 0 bridgehead atoms. The van der Waals surface area contributed by atoms with Crippen LogP contribution in [0.4, 0.5) is 5.82 Å². The molecule has 3 aromatic rings. The van der Waals surface area contributed by atoms with Gasteiger partial charge in [0.05, 0.1) is 5.52 Å². The molecule has 19 heavy (non-hydrogen) atoms.